The summed E-state index contributed by atoms with van der Waals surface area (Å²) in [5.74, 6) is 0.398. The van der Waals surface area contributed by atoms with Crippen LogP contribution in [0.1, 0.15) is 12.0 Å². The number of amides is 1. The monoisotopic (exact) mass is 276 g/mol. The molecule has 1 atom stereocenters. The standard InChI is InChI=1S/C15H24N4O/c1-18(2)8-9-19(12-13-4-3-6-16-10-13)15(20)14-5-7-17-11-14/h3-4,6,10,14,17H,5,7-9,11-12H2,1-2H3. The number of aromatic nitrogens is 1. The first-order valence-electron chi connectivity index (χ1n) is 7.20. The third-order valence-electron chi connectivity index (χ3n) is 3.63. The lowest BCUT2D eigenvalue weighted by atomic mass is 10.1. The maximum Gasteiger partial charge on any atom is 0.227 e. The summed E-state index contributed by atoms with van der Waals surface area (Å²) in [7, 11) is 4.06. The minimum atomic E-state index is 0.133. The molecule has 0 bridgehead atoms. The van der Waals surface area contributed by atoms with Crippen molar-refractivity contribution in [3.63, 3.8) is 0 Å². The van der Waals surface area contributed by atoms with Crippen LogP contribution in [0.25, 0.3) is 0 Å². The summed E-state index contributed by atoms with van der Waals surface area (Å²) in [6.45, 7) is 4.05. The zero-order chi connectivity index (χ0) is 14.4. The minimum absolute atomic E-state index is 0.133. The van der Waals surface area contributed by atoms with Gasteiger partial charge in [-0.1, -0.05) is 6.07 Å². The Morgan fingerprint density at radius 3 is 2.90 bits per heavy atom. The van der Waals surface area contributed by atoms with Gasteiger partial charge in [-0.15, -0.1) is 0 Å². The Labute approximate surface area is 121 Å². The molecule has 1 unspecified atom stereocenters. The number of carbonyl (C=O) groups is 1. The van der Waals surface area contributed by atoms with Gasteiger partial charge in [0, 0.05) is 38.6 Å². The second kappa shape index (κ2) is 7.36. The maximum absolute atomic E-state index is 12.6. The average Bonchev–Trinajstić information content (AvgIpc) is 2.97. The van der Waals surface area contributed by atoms with Gasteiger partial charge >= 0.3 is 0 Å². The molecule has 1 aliphatic heterocycles. The van der Waals surface area contributed by atoms with Crippen LogP contribution in [0.15, 0.2) is 24.5 Å². The third-order valence-corrected chi connectivity index (χ3v) is 3.63. The van der Waals surface area contributed by atoms with Crippen LogP contribution in [0, 0.1) is 5.92 Å². The van der Waals surface area contributed by atoms with Crippen LogP contribution in [-0.4, -0.2) is 61.0 Å². The highest BCUT2D eigenvalue weighted by Crippen LogP contribution is 2.14. The number of hydrogen-bond acceptors (Lipinski definition) is 4. The summed E-state index contributed by atoms with van der Waals surface area (Å²) < 4.78 is 0. The quantitative estimate of drug-likeness (QED) is 0.826. The van der Waals surface area contributed by atoms with Crippen LogP contribution in [0.4, 0.5) is 0 Å². The fraction of sp³-hybridized carbons (Fsp3) is 0.600. The van der Waals surface area contributed by atoms with Crippen LogP contribution in [-0.2, 0) is 11.3 Å². The molecule has 110 valence electrons. The molecular weight excluding hydrogens is 252 g/mol. The van der Waals surface area contributed by atoms with E-state index in [1.54, 1.807) is 6.20 Å². The van der Waals surface area contributed by atoms with Gasteiger partial charge in [-0.05, 0) is 38.7 Å². The van der Waals surface area contributed by atoms with E-state index in [0.717, 1.165) is 38.2 Å². The molecule has 0 radical (unpaired) electrons. The summed E-state index contributed by atoms with van der Waals surface area (Å²) in [5, 5.41) is 3.27. The maximum atomic E-state index is 12.6. The lowest BCUT2D eigenvalue weighted by Crippen LogP contribution is -2.40. The molecule has 1 amide bonds. The van der Waals surface area contributed by atoms with Gasteiger partial charge in [0.25, 0.3) is 0 Å². The van der Waals surface area contributed by atoms with Gasteiger partial charge in [0.2, 0.25) is 5.91 Å². The van der Waals surface area contributed by atoms with Crippen molar-refractivity contribution in [1.29, 1.82) is 0 Å². The second-order valence-electron chi connectivity index (χ2n) is 5.61. The molecule has 1 N–H and O–H groups in total. The first kappa shape index (κ1) is 14.9. The number of carbonyl (C=O) groups excluding carboxylic acids is 1. The van der Waals surface area contributed by atoms with Gasteiger partial charge in [-0.25, -0.2) is 0 Å². The minimum Gasteiger partial charge on any atom is -0.337 e. The summed E-state index contributed by atoms with van der Waals surface area (Å²) in [6, 6.07) is 3.94. The Bertz CT molecular complexity index is 415. The van der Waals surface area contributed by atoms with Crippen molar-refractivity contribution in [2.45, 2.75) is 13.0 Å². The number of pyridine rings is 1. The van der Waals surface area contributed by atoms with Crippen molar-refractivity contribution in [2.75, 3.05) is 40.3 Å². The molecule has 1 aliphatic rings. The van der Waals surface area contributed by atoms with Gasteiger partial charge in [0.05, 0.1) is 5.92 Å². The van der Waals surface area contributed by atoms with E-state index in [1.165, 1.54) is 0 Å². The third kappa shape index (κ3) is 4.28. The van der Waals surface area contributed by atoms with Crippen molar-refractivity contribution in [3.8, 4) is 0 Å². The molecule has 5 heteroatoms. The second-order valence-corrected chi connectivity index (χ2v) is 5.61. The highest BCUT2D eigenvalue weighted by Gasteiger charge is 2.27. The molecule has 0 aliphatic carbocycles. The highest BCUT2D eigenvalue weighted by molar-refractivity contribution is 5.79. The Balaban J connectivity index is 2.01. The van der Waals surface area contributed by atoms with Gasteiger partial charge < -0.3 is 15.1 Å². The number of likely N-dealkylation sites (N-methyl/N-ethyl adjacent to an activating group) is 1. The summed E-state index contributed by atoms with van der Waals surface area (Å²) in [6.07, 6.45) is 4.55. The molecule has 2 heterocycles. The van der Waals surface area contributed by atoms with Crippen molar-refractivity contribution >= 4 is 5.91 Å². The van der Waals surface area contributed by atoms with E-state index in [-0.39, 0.29) is 11.8 Å². The Hall–Kier alpha value is -1.46. The molecule has 1 aromatic rings. The topological polar surface area (TPSA) is 48.5 Å². The summed E-state index contributed by atoms with van der Waals surface area (Å²) in [5.41, 5.74) is 1.09. The molecule has 2 rings (SSSR count). The average molecular weight is 276 g/mol. The number of rotatable bonds is 6. The van der Waals surface area contributed by atoms with E-state index in [2.05, 4.69) is 15.2 Å². The number of nitrogens with one attached hydrogen (secondary N) is 1. The van der Waals surface area contributed by atoms with E-state index in [0.29, 0.717) is 6.54 Å². The molecule has 0 spiro atoms. The van der Waals surface area contributed by atoms with E-state index in [4.69, 9.17) is 0 Å². The normalized spacial score (nSPS) is 18.4. The lowest BCUT2D eigenvalue weighted by Gasteiger charge is -2.27. The van der Waals surface area contributed by atoms with Crippen LogP contribution in [0.3, 0.4) is 0 Å². The Morgan fingerprint density at radius 2 is 2.30 bits per heavy atom. The van der Waals surface area contributed by atoms with Crippen LogP contribution < -0.4 is 5.32 Å². The van der Waals surface area contributed by atoms with Crippen LogP contribution in [0.5, 0.6) is 0 Å². The van der Waals surface area contributed by atoms with Gasteiger partial charge in [-0.3, -0.25) is 9.78 Å². The van der Waals surface area contributed by atoms with E-state index in [9.17, 15) is 4.79 Å². The molecule has 1 saturated heterocycles. The van der Waals surface area contributed by atoms with Crippen molar-refractivity contribution in [3.05, 3.63) is 30.1 Å². The largest absolute Gasteiger partial charge is 0.337 e. The first-order valence-corrected chi connectivity index (χ1v) is 7.20. The summed E-state index contributed by atoms with van der Waals surface area (Å²) >= 11 is 0. The van der Waals surface area contributed by atoms with Gasteiger partial charge in [0.15, 0.2) is 0 Å². The molecule has 20 heavy (non-hydrogen) atoms. The predicted octanol–water partition coefficient (Wildman–Crippen LogP) is 0.581. The molecule has 5 nitrogen and oxygen atoms in total. The number of nitrogens with zero attached hydrogens (tertiary/aromatic N) is 3. The molecular formula is C15H24N4O. The molecule has 1 aromatic heterocycles. The van der Waals surface area contributed by atoms with Crippen molar-refractivity contribution in [1.82, 2.24) is 20.1 Å². The molecule has 0 saturated carbocycles. The molecule has 1 fully saturated rings. The van der Waals surface area contributed by atoms with Crippen molar-refractivity contribution < 1.29 is 4.79 Å². The van der Waals surface area contributed by atoms with E-state index < -0.39 is 0 Å². The fourth-order valence-corrected chi connectivity index (χ4v) is 2.42. The molecule has 0 aromatic carbocycles. The smallest absolute Gasteiger partial charge is 0.227 e. The van der Waals surface area contributed by atoms with Gasteiger partial charge in [0.1, 0.15) is 0 Å². The SMILES string of the molecule is CN(C)CCN(Cc1cccnc1)C(=O)C1CCNC1. The highest BCUT2D eigenvalue weighted by atomic mass is 16.2. The Morgan fingerprint density at radius 1 is 1.45 bits per heavy atom. The fourth-order valence-electron chi connectivity index (χ4n) is 2.42. The predicted molar refractivity (Wildman–Crippen MR) is 79.2 cm³/mol. The zero-order valence-electron chi connectivity index (χ0n) is 12.4. The van der Waals surface area contributed by atoms with Crippen LogP contribution in [0.2, 0.25) is 0 Å². The zero-order valence-corrected chi connectivity index (χ0v) is 12.4. The Kier molecular flexibility index (Phi) is 5.49. The van der Waals surface area contributed by atoms with Gasteiger partial charge in [-0.2, -0.15) is 0 Å². The van der Waals surface area contributed by atoms with Crippen molar-refractivity contribution in [2.24, 2.45) is 5.92 Å². The summed E-state index contributed by atoms with van der Waals surface area (Å²) in [4.78, 5) is 20.8. The first-order chi connectivity index (χ1) is 9.66. The van der Waals surface area contributed by atoms with E-state index in [1.807, 2.05) is 37.3 Å². The lowest BCUT2D eigenvalue weighted by molar-refractivity contribution is -0.135. The van der Waals surface area contributed by atoms with E-state index >= 15 is 0 Å². The number of hydrogen-bond donors (Lipinski definition) is 1. The van der Waals surface area contributed by atoms with Crippen LogP contribution >= 0.6 is 0 Å².